The van der Waals surface area contributed by atoms with Gasteiger partial charge in [-0.2, -0.15) is 5.26 Å². The molecule has 0 unspecified atom stereocenters. The number of nitro groups is 1. The fraction of sp³-hybridized carbons (Fsp3) is 0.120. The first-order valence-corrected chi connectivity index (χ1v) is 11.6. The van der Waals surface area contributed by atoms with Gasteiger partial charge in [-0.05, 0) is 42.8 Å². The van der Waals surface area contributed by atoms with Crippen LogP contribution < -0.4 is 14.8 Å². The number of aromatic nitrogens is 2. The molecule has 186 valence electrons. The summed E-state index contributed by atoms with van der Waals surface area (Å²) in [4.78, 5) is 23.6. The lowest BCUT2D eigenvalue weighted by molar-refractivity contribution is -0.384. The minimum absolute atomic E-state index is 0.163. The summed E-state index contributed by atoms with van der Waals surface area (Å²) in [6, 6.07) is 16.7. The number of nitriles is 1. The number of anilines is 1. The highest BCUT2D eigenvalue weighted by atomic mass is 32.1. The molecular formula is C25H19N5O6S. The molecule has 2 aromatic carbocycles. The minimum atomic E-state index is -0.710. The number of hydrogen-bond donors (Lipinski definition) is 1. The average molecular weight is 518 g/mol. The first-order chi connectivity index (χ1) is 17.9. The van der Waals surface area contributed by atoms with Gasteiger partial charge in [0.25, 0.3) is 11.6 Å². The maximum absolute atomic E-state index is 12.6. The molecule has 1 amide bonds. The van der Waals surface area contributed by atoms with Crippen LogP contribution in [0.5, 0.6) is 11.5 Å². The fourth-order valence-corrected chi connectivity index (χ4v) is 3.90. The van der Waals surface area contributed by atoms with Crippen molar-refractivity contribution in [2.75, 3.05) is 12.4 Å². The van der Waals surface area contributed by atoms with Crippen LogP contribution in [0, 0.1) is 28.4 Å². The van der Waals surface area contributed by atoms with E-state index < -0.39 is 10.8 Å². The molecule has 0 saturated carbocycles. The molecule has 1 N–H and O–H groups in total. The van der Waals surface area contributed by atoms with E-state index in [-0.39, 0.29) is 40.1 Å². The molecule has 0 aliphatic rings. The van der Waals surface area contributed by atoms with Crippen molar-refractivity contribution in [1.82, 2.24) is 10.2 Å². The van der Waals surface area contributed by atoms with Gasteiger partial charge in [-0.25, -0.2) is 0 Å². The van der Waals surface area contributed by atoms with E-state index in [0.29, 0.717) is 10.8 Å². The third-order valence-corrected chi connectivity index (χ3v) is 5.89. The standard InChI is InChI=1S/C25H19N5O6S/c1-15-5-3-4-6-21(15)35-14-23-28-29-25(37-23)27-24(31)16(13-26)11-18-8-10-22(36-18)19-9-7-17(34-2)12-20(19)30(32)33/h3-12H,14H2,1-2H3,(H,27,29,31). The molecule has 0 spiro atoms. The Morgan fingerprint density at radius 3 is 2.78 bits per heavy atom. The third-order valence-electron chi connectivity index (χ3n) is 5.08. The number of carbonyl (C=O) groups is 1. The molecule has 4 rings (SSSR count). The van der Waals surface area contributed by atoms with E-state index in [1.165, 1.54) is 37.5 Å². The number of nitrogens with one attached hydrogen (secondary N) is 1. The molecule has 0 aliphatic heterocycles. The lowest BCUT2D eigenvalue weighted by Gasteiger charge is -2.06. The highest BCUT2D eigenvalue weighted by molar-refractivity contribution is 7.15. The first-order valence-electron chi connectivity index (χ1n) is 10.7. The van der Waals surface area contributed by atoms with E-state index in [2.05, 4.69) is 15.5 Å². The first kappa shape index (κ1) is 25.1. The summed E-state index contributed by atoms with van der Waals surface area (Å²) >= 11 is 1.12. The average Bonchev–Trinajstić information content (AvgIpc) is 3.55. The summed E-state index contributed by atoms with van der Waals surface area (Å²) in [6.45, 7) is 2.10. The van der Waals surface area contributed by atoms with Crippen molar-refractivity contribution in [1.29, 1.82) is 5.26 Å². The molecule has 37 heavy (non-hydrogen) atoms. The van der Waals surface area contributed by atoms with Crippen LogP contribution in [0.1, 0.15) is 16.3 Å². The number of aryl methyl sites for hydroxylation is 1. The van der Waals surface area contributed by atoms with Gasteiger partial charge in [0.2, 0.25) is 5.13 Å². The van der Waals surface area contributed by atoms with Crippen LogP contribution in [-0.2, 0) is 11.4 Å². The fourth-order valence-electron chi connectivity index (χ4n) is 3.25. The summed E-state index contributed by atoms with van der Waals surface area (Å²) in [5.74, 6) is 0.693. The van der Waals surface area contributed by atoms with Crippen LogP contribution in [0.4, 0.5) is 10.8 Å². The molecule has 4 aromatic rings. The number of nitrogens with zero attached hydrogens (tertiary/aromatic N) is 4. The zero-order valence-corrected chi connectivity index (χ0v) is 20.4. The summed E-state index contributed by atoms with van der Waals surface area (Å²) < 4.78 is 16.4. The lowest BCUT2D eigenvalue weighted by Crippen LogP contribution is -2.13. The monoisotopic (exact) mass is 517 g/mol. The zero-order valence-electron chi connectivity index (χ0n) is 19.6. The lowest BCUT2D eigenvalue weighted by atomic mass is 10.1. The van der Waals surface area contributed by atoms with E-state index in [0.717, 1.165) is 22.6 Å². The van der Waals surface area contributed by atoms with Gasteiger partial charge in [0.15, 0.2) is 5.01 Å². The number of furan rings is 1. The zero-order chi connectivity index (χ0) is 26.4. The van der Waals surface area contributed by atoms with Crippen molar-refractivity contribution in [3.63, 3.8) is 0 Å². The Bertz CT molecular complexity index is 1530. The third kappa shape index (κ3) is 5.98. The molecule has 0 radical (unpaired) electrons. The molecule has 0 bridgehead atoms. The summed E-state index contributed by atoms with van der Waals surface area (Å²) in [5.41, 5.74) is 0.744. The molecule has 0 aliphatic carbocycles. The molecule has 12 heteroatoms. The highest BCUT2D eigenvalue weighted by Crippen LogP contribution is 2.34. The topological polar surface area (TPSA) is 153 Å². The largest absolute Gasteiger partial charge is 0.497 e. The molecule has 0 atom stereocenters. The van der Waals surface area contributed by atoms with Gasteiger partial charge >= 0.3 is 0 Å². The van der Waals surface area contributed by atoms with Gasteiger partial charge in [0.05, 0.1) is 23.7 Å². The number of carbonyl (C=O) groups excluding carboxylic acids is 1. The number of amides is 1. The number of hydrogen-bond acceptors (Lipinski definition) is 10. The number of para-hydroxylation sites is 1. The van der Waals surface area contributed by atoms with Crippen molar-refractivity contribution in [3.05, 3.63) is 86.6 Å². The van der Waals surface area contributed by atoms with Crippen LogP contribution >= 0.6 is 11.3 Å². The number of rotatable bonds is 9. The Morgan fingerprint density at radius 1 is 1.24 bits per heavy atom. The Kier molecular flexibility index (Phi) is 7.56. The normalized spacial score (nSPS) is 11.0. The van der Waals surface area contributed by atoms with Gasteiger partial charge in [0, 0.05) is 6.08 Å². The van der Waals surface area contributed by atoms with Crippen LogP contribution in [0.2, 0.25) is 0 Å². The Hall–Kier alpha value is -5.02. The van der Waals surface area contributed by atoms with Crippen molar-refractivity contribution in [3.8, 4) is 28.9 Å². The van der Waals surface area contributed by atoms with Gasteiger partial charge in [-0.3, -0.25) is 20.2 Å². The summed E-state index contributed by atoms with van der Waals surface area (Å²) in [5, 5.41) is 32.2. The molecule has 2 heterocycles. The number of nitro benzene ring substituents is 1. The summed E-state index contributed by atoms with van der Waals surface area (Å²) in [6.07, 6.45) is 1.23. The minimum Gasteiger partial charge on any atom is -0.497 e. The molecular weight excluding hydrogens is 498 g/mol. The molecule has 0 fully saturated rings. The van der Waals surface area contributed by atoms with Crippen molar-refractivity contribution in [2.24, 2.45) is 0 Å². The molecule has 0 saturated heterocycles. The van der Waals surface area contributed by atoms with Crippen molar-refractivity contribution in [2.45, 2.75) is 13.5 Å². The van der Waals surface area contributed by atoms with Gasteiger partial charge in [-0.15, -0.1) is 10.2 Å². The quantitative estimate of drug-likeness (QED) is 0.137. The van der Waals surface area contributed by atoms with E-state index >= 15 is 0 Å². The van der Waals surface area contributed by atoms with Crippen molar-refractivity contribution < 1.29 is 23.6 Å². The van der Waals surface area contributed by atoms with E-state index in [1.807, 2.05) is 37.3 Å². The second-order valence-electron chi connectivity index (χ2n) is 7.52. The number of methoxy groups -OCH3 is 1. The SMILES string of the molecule is COc1ccc(-c2ccc(C=C(C#N)C(=O)Nc3nnc(COc4ccccc4C)s3)o2)c([N+](=O)[O-])c1. The van der Waals surface area contributed by atoms with E-state index in [1.54, 1.807) is 6.07 Å². The Morgan fingerprint density at radius 2 is 2.05 bits per heavy atom. The van der Waals surface area contributed by atoms with Crippen LogP contribution in [0.15, 0.2) is 64.6 Å². The van der Waals surface area contributed by atoms with Crippen LogP contribution in [0.3, 0.4) is 0 Å². The molecule has 11 nitrogen and oxygen atoms in total. The van der Waals surface area contributed by atoms with E-state index in [4.69, 9.17) is 13.9 Å². The predicted octanol–water partition coefficient (Wildman–Crippen LogP) is 5.15. The molecule has 2 aromatic heterocycles. The maximum Gasteiger partial charge on any atom is 0.284 e. The number of benzene rings is 2. The van der Waals surface area contributed by atoms with Gasteiger partial charge in [-0.1, -0.05) is 29.5 Å². The summed E-state index contributed by atoms with van der Waals surface area (Å²) in [7, 11) is 1.41. The second kappa shape index (κ2) is 11.1. The van der Waals surface area contributed by atoms with Crippen LogP contribution in [-0.4, -0.2) is 28.1 Å². The second-order valence-corrected chi connectivity index (χ2v) is 8.58. The Labute approximate surface area is 214 Å². The number of ether oxygens (including phenoxy) is 2. The smallest absolute Gasteiger partial charge is 0.284 e. The highest BCUT2D eigenvalue weighted by Gasteiger charge is 2.20. The van der Waals surface area contributed by atoms with Crippen LogP contribution in [0.25, 0.3) is 17.4 Å². The van der Waals surface area contributed by atoms with E-state index in [9.17, 15) is 20.2 Å². The van der Waals surface area contributed by atoms with Crippen molar-refractivity contribution >= 4 is 34.1 Å². The maximum atomic E-state index is 12.6. The Balaban J connectivity index is 1.45. The van der Waals surface area contributed by atoms with Gasteiger partial charge < -0.3 is 13.9 Å². The predicted molar refractivity (Wildman–Crippen MR) is 135 cm³/mol. The van der Waals surface area contributed by atoms with Gasteiger partial charge in [0.1, 0.15) is 41.3 Å².